The third-order valence-electron chi connectivity index (χ3n) is 4.39. The molecule has 2 fully saturated rings. The number of nitrogens with one attached hydrogen (secondary N) is 2. The zero-order valence-electron chi connectivity index (χ0n) is 13.7. The van der Waals surface area contributed by atoms with Gasteiger partial charge in [0.25, 0.3) is 0 Å². The molecule has 2 heterocycles. The molecule has 0 aliphatic carbocycles. The maximum atomic E-state index is 10.7. The minimum absolute atomic E-state index is 0.191. The Morgan fingerprint density at radius 1 is 1.05 bits per heavy atom. The van der Waals surface area contributed by atoms with Crippen LogP contribution >= 0.6 is 0 Å². The molecule has 2 N–H and O–H groups in total. The quantitative estimate of drug-likeness (QED) is 0.873. The molecule has 0 saturated carbocycles. The fourth-order valence-electron chi connectivity index (χ4n) is 3.01. The van der Waals surface area contributed by atoms with Crippen LogP contribution in [0.4, 0.5) is 0 Å². The molecule has 4 heteroatoms. The van der Waals surface area contributed by atoms with Gasteiger partial charge in [0.15, 0.2) is 0 Å². The van der Waals surface area contributed by atoms with Crippen LogP contribution in [-0.2, 0) is 11.2 Å². The van der Waals surface area contributed by atoms with Crippen LogP contribution in [0.2, 0.25) is 0 Å². The molecular weight excluding hydrogens is 274 g/mol. The van der Waals surface area contributed by atoms with Gasteiger partial charge in [0.1, 0.15) is 0 Å². The largest absolute Gasteiger partial charge is 0.340 e. The molecule has 22 heavy (non-hydrogen) atoms. The fourth-order valence-corrected chi connectivity index (χ4v) is 3.01. The molecule has 2 aliphatic heterocycles. The van der Waals surface area contributed by atoms with Gasteiger partial charge in [-0.05, 0) is 43.8 Å². The number of hydrogen-bond acceptors (Lipinski definition) is 3. The van der Waals surface area contributed by atoms with Crippen LogP contribution in [-0.4, -0.2) is 50.1 Å². The number of benzene rings is 1. The summed E-state index contributed by atoms with van der Waals surface area (Å²) in [6.07, 6.45) is 3.95. The number of piperazine rings is 1. The van der Waals surface area contributed by atoms with Gasteiger partial charge >= 0.3 is 0 Å². The van der Waals surface area contributed by atoms with Gasteiger partial charge in [-0.3, -0.25) is 4.79 Å². The Morgan fingerprint density at radius 2 is 1.64 bits per heavy atom. The van der Waals surface area contributed by atoms with E-state index in [0.29, 0.717) is 0 Å². The topological polar surface area (TPSA) is 44.4 Å². The zero-order chi connectivity index (χ0) is 15.6. The van der Waals surface area contributed by atoms with Gasteiger partial charge in [-0.1, -0.05) is 30.3 Å². The van der Waals surface area contributed by atoms with Gasteiger partial charge in [-0.15, -0.1) is 0 Å². The Hall–Kier alpha value is -1.39. The van der Waals surface area contributed by atoms with E-state index in [0.717, 1.165) is 32.1 Å². The lowest BCUT2D eigenvalue weighted by Gasteiger charge is -2.25. The van der Waals surface area contributed by atoms with Crippen LogP contribution in [0.25, 0.3) is 0 Å². The van der Waals surface area contributed by atoms with E-state index in [4.69, 9.17) is 0 Å². The van der Waals surface area contributed by atoms with Crippen molar-refractivity contribution in [1.82, 2.24) is 15.5 Å². The number of hydrogen-bond donors (Lipinski definition) is 2. The van der Waals surface area contributed by atoms with Crippen molar-refractivity contribution in [3.63, 3.8) is 0 Å². The summed E-state index contributed by atoms with van der Waals surface area (Å²) in [6.45, 7) is 7.66. The maximum absolute atomic E-state index is 10.7. The second-order valence-corrected chi connectivity index (χ2v) is 6.14. The number of amides is 1. The lowest BCUT2D eigenvalue weighted by atomic mass is 9.91. The van der Waals surface area contributed by atoms with Crippen molar-refractivity contribution in [3.05, 3.63) is 35.9 Å². The standard InChI is InChI=1S/C12H17N.C6H12N2O/c1-2-4-11(5-3-1)10-12-6-8-13-9-7-12;1-6(9)8-4-2-7-3-5-8/h1-5,12-13H,6-10H2;7H,2-5H2,1H3. The smallest absolute Gasteiger partial charge is 0.219 e. The normalized spacial score (nSPS) is 19.2. The average Bonchev–Trinajstić information content (AvgIpc) is 2.58. The summed E-state index contributed by atoms with van der Waals surface area (Å²) >= 11 is 0. The van der Waals surface area contributed by atoms with Crippen molar-refractivity contribution in [1.29, 1.82) is 0 Å². The number of carbonyl (C=O) groups excluding carboxylic acids is 1. The first-order chi connectivity index (χ1) is 10.8. The Kier molecular flexibility index (Phi) is 7.40. The third kappa shape index (κ3) is 6.16. The summed E-state index contributed by atoms with van der Waals surface area (Å²) in [4.78, 5) is 12.6. The highest BCUT2D eigenvalue weighted by atomic mass is 16.2. The average molecular weight is 303 g/mol. The van der Waals surface area contributed by atoms with Crippen LogP contribution in [0.1, 0.15) is 25.3 Å². The Balaban J connectivity index is 0.000000172. The molecule has 0 aromatic heterocycles. The van der Waals surface area contributed by atoms with Crippen LogP contribution in [0.3, 0.4) is 0 Å². The van der Waals surface area contributed by atoms with Gasteiger partial charge in [-0.25, -0.2) is 0 Å². The second-order valence-electron chi connectivity index (χ2n) is 6.14. The highest BCUT2D eigenvalue weighted by Gasteiger charge is 2.12. The van der Waals surface area contributed by atoms with E-state index in [-0.39, 0.29) is 5.91 Å². The van der Waals surface area contributed by atoms with E-state index in [1.165, 1.54) is 37.9 Å². The molecule has 0 bridgehead atoms. The molecular formula is C18H29N3O. The summed E-state index contributed by atoms with van der Waals surface area (Å²) in [5.74, 6) is 1.10. The molecule has 0 radical (unpaired) electrons. The van der Waals surface area contributed by atoms with Crippen molar-refractivity contribution in [2.45, 2.75) is 26.2 Å². The van der Waals surface area contributed by atoms with Crippen LogP contribution in [0.15, 0.2) is 30.3 Å². The van der Waals surface area contributed by atoms with Crippen LogP contribution in [0, 0.1) is 5.92 Å². The van der Waals surface area contributed by atoms with E-state index in [9.17, 15) is 4.79 Å². The van der Waals surface area contributed by atoms with E-state index >= 15 is 0 Å². The third-order valence-corrected chi connectivity index (χ3v) is 4.39. The highest BCUT2D eigenvalue weighted by Crippen LogP contribution is 2.17. The van der Waals surface area contributed by atoms with Crippen molar-refractivity contribution in [2.75, 3.05) is 39.3 Å². The molecule has 3 rings (SSSR count). The minimum Gasteiger partial charge on any atom is -0.340 e. The summed E-state index contributed by atoms with van der Waals surface area (Å²) in [5.41, 5.74) is 1.49. The Labute approximate surface area is 134 Å². The molecule has 0 unspecified atom stereocenters. The van der Waals surface area contributed by atoms with Gasteiger partial charge in [-0.2, -0.15) is 0 Å². The molecule has 2 aliphatic rings. The molecule has 1 aromatic rings. The summed E-state index contributed by atoms with van der Waals surface area (Å²) in [5, 5.41) is 6.58. The predicted octanol–water partition coefficient (Wildman–Crippen LogP) is 1.67. The fraction of sp³-hybridized carbons (Fsp3) is 0.611. The van der Waals surface area contributed by atoms with Crippen molar-refractivity contribution < 1.29 is 4.79 Å². The molecule has 1 aromatic carbocycles. The lowest BCUT2D eigenvalue weighted by molar-refractivity contribution is -0.129. The Bertz CT molecular complexity index is 423. The molecule has 2 saturated heterocycles. The zero-order valence-corrected chi connectivity index (χ0v) is 13.7. The first kappa shape index (κ1) is 17.0. The SMILES string of the molecule is CC(=O)N1CCNCC1.c1ccc(CC2CCNCC2)cc1. The number of piperidine rings is 1. The summed E-state index contributed by atoms with van der Waals surface area (Å²) < 4.78 is 0. The number of nitrogens with zero attached hydrogens (tertiary/aromatic N) is 1. The minimum atomic E-state index is 0.191. The van der Waals surface area contributed by atoms with Crippen molar-refractivity contribution >= 4 is 5.91 Å². The molecule has 0 spiro atoms. The van der Waals surface area contributed by atoms with E-state index in [1.54, 1.807) is 6.92 Å². The highest BCUT2D eigenvalue weighted by molar-refractivity contribution is 5.73. The van der Waals surface area contributed by atoms with Crippen molar-refractivity contribution in [2.24, 2.45) is 5.92 Å². The monoisotopic (exact) mass is 303 g/mol. The molecule has 0 atom stereocenters. The van der Waals surface area contributed by atoms with Gasteiger partial charge < -0.3 is 15.5 Å². The maximum Gasteiger partial charge on any atom is 0.219 e. The van der Waals surface area contributed by atoms with Gasteiger partial charge in [0, 0.05) is 33.1 Å². The van der Waals surface area contributed by atoms with E-state index in [2.05, 4.69) is 41.0 Å². The van der Waals surface area contributed by atoms with Gasteiger partial charge in [0.2, 0.25) is 5.91 Å². The van der Waals surface area contributed by atoms with E-state index < -0.39 is 0 Å². The predicted molar refractivity (Wildman–Crippen MR) is 90.9 cm³/mol. The lowest BCUT2D eigenvalue weighted by Crippen LogP contribution is -2.45. The molecule has 4 nitrogen and oxygen atoms in total. The van der Waals surface area contributed by atoms with Crippen LogP contribution in [0.5, 0.6) is 0 Å². The first-order valence-electron chi connectivity index (χ1n) is 8.46. The molecule has 1 amide bonds. The summed E-state index contributed by atoms with van der Waals surface area (Å²) in [7, 11) is 0. The number of rotatable bonds is 2. The van der Waals surface area contributed by atoms with Crippen LogP contribution < -0.4 is 10.6 Å². The Morgan fingerprint density at radius 3 is 2.18 bits per heavy atom. The van der Waals surface area contributed by atoms with Crippen molar-refractivity contribution in [3.8, 4) is 0 Å². The van der Waals surface area contributed by atoms with E-state index in [1.807, 2.05) is 4.90 Å². The second kappa shape index (κ2) is 9.59. The first-order valence-corrected chi connectivity index (χ1v) is 8.46. The molecule has 122 valence electrons. The van der Waals surface area contributed by atoms with Gasteiger partial charge in [0.05, 0.1) is 0 Å². The summed E-state index contributed by atoms with van der Waals surface area (Å²) in [6, 6.07) is 10.8. The number of carbonyl (C=O) groups is 1.